The second kappa shape index (κ2) is 5.40. The molecule has 1 N–H and O–H groups in total. The molecule has 1 aromatic heterocycles. The number of aliphatic hydroxyl groups excluding tert-OH is 1. The van der Waals surface area contributed by atoms with Crippen LogP contribution in [0, 0.1) is 5.82 Å². The molecule has 1 aliphatic heterocycles. The summed E-state index contributed by atoms with van der Waals surface area (Å²) >= 11 is 0. The van der Waals surface area contributed by atoms with E-state index >= 15 is 0 Å². The molecule has 0 fully saturated rings. The van der Waals surface area contributed by atoms with Gasteiger partial charge in [-0.05, 0) is 27.2 Å². The molecule has 6 nitrogen and oxygen atoms in total. The Bertz CT molecular complexity index is 508. The number of fused-ring (bicyclic) bond motifs is 1. The van der Waals surface area contributed by atoms with Crippen LogP contribution in [0.2, 0.25) is 0 Å². The van der Waals surface area contributed by atoms with Gasteiger partial charge in [-0.1, -0.05) is 0 Å². The Morgan fingerprint density at radius 3 is 2.75 bits per heavy atom. The van der Waals surface area contributed by atoms with Crippen LogP contribution in [0.5, 0.6) is 0 Å². The first-order valence-corrected chi connectivity index (χ1v) is 6.64. The Morgan fingerprint density at radius 2 is 2.15 bits per heavy atom. The van der Waals surface area contributed by atoms with E-state index in [2.05, 4.69) is 5.10 Å². The highest BCUT2D eigenvalue weighted by atomic mass is 19.1. The van der Waals surface area contributed by atoms with Crippen molar-refractivity contribution in [3.05, 3.63) is 17.2 Å². The number of hydrogen-bond donors (Lipinski definition) is 1. The second-order valence-electron chi connectivity index (χ2n) is 5.84. The lowest BCUT2D eigenvalue weighted by atomic mass is 10.2. The number of aryl methyl sites for hydroxylation is 1. The molecule has 0 atom stereocenters. The first-order chi connectivity index (χ1) is 9.31. The third-order valence-corrected chi connectivity index (χ3v) is 3.00. The van der Waals surface area contributed by atoms with E-state index in [1.165, 1.54) is 9.58 Å². The molecule has 0 radical (unpaired) electrons. The molecule has 0 aliphatic carbocycles. The van der Waals surface area contributed by atoms with Crippen LogP contribution in [-0.4, -0.2) is 38.0 Å². The standard InChI is InChI=1S/C13H20FN3O3/c1-13(2,3)20-12(19)16-5-4-6-17-10(7-16)11(14)9(8-18)15-17/h18H,4-8H2,1-3H3. The Balaban J connectivity index is 2.19. The Morgan fingerprint density at radius 1 is 1.45 bits per heavy atom. The Hall–Kier alpha value is -1.63. The van der Waals surface area contributed by atoms with Crippen molar-refractivity contribution in [1.82, 2.24) is 14.7 Å². The Kier molecular flexibility index (Phi) is 3.99. The maximum atomic E-state index is 14.0. The van der Waals surface area contributed by atoms with E-state index in [1.54, 1.807) is 20.8 Å². The lowest BCUT2D eigenvalue weighted by Gasteiger charge is -2.26. The number of carbonyl (C=O) groups excluding carboxylic acids is 1. The summed E-state index contributed by atoms with van der Waals surface area (Å²) in [5.74, 6) is -0.539. The lowest BCUT2D eigenvalue weighted by molar-refractivity contribution is 0.0235. The highest BCUT2D eigenvalue weighted by Gasteiger charge is 2.28. The number of ether oxygens (including phenoxy) is 1. The molecular weight excluding hydrogens is 265 g/mol. The number of halogens is 1. The molecule has 20 heavy (non-hydrogen) atoms. The molecule has 0 saturated carbocycles. The predicted octanol–water partition coefficient (Wildman–Crippen LogP) is 1.66. The van der Waals surface area contributed by atoms with Crippen molar-refractivity contribution in [2.75, 3.05) is 6.54 Å². The van der Waals surface area contributed by atoms with Crippen LogP contribution in [0.25, 0.3) is 0 Å². The molecule has 1 aliphatic rings. The van der Waals surface area contributed by atoms with E-state index in [0.29, 0.717) is 25.2 Å². The Labute approximate surface area is 117 Å². The van der Waals surface area contributed by atoms with Crippen molar-refractivity contribution in [3.63, 3.8) is 0 Å². The van der Waals surface area contributed by atoms with Gasteiger partial charge in [0.1, 0.15) is 11.3 Å². The van der Waals surface area contributed by atoms with Crippen LogP contribution in [0.4, 0.5) is 9.18 Å². The zero-order chi connectivity index (χ0) is 14.9. The molecule has 2 heterocycles. The lowest BCUT2D eigenvalue weighted by Crippen LogP contribution is -2.36. The zero-order valence-electron chi connectivity index (χ0n) is 12.0. The average molecular weight is 285 g/mol. The van der Waals surface area contributed by atoms with E-state index in [0.717, 1.165) is 0 Å². The smallest absolute Gasteiger partial charge is 0.410 e. The number of aliphatic hydroxyl groups is 1. The fraction of sp³-hybridized carbons (Fsp3) is 0.692. The van der Waals surface area contributed by atoms with Crippen LogP contribution < -0.4 is 0 Å². The van der Waals surface area contributed by atoms with E-state index in [1.807, 2.05) is 0 Å². The summed E-state index contributed by atoms with van der Waals surface area (Å²) in [5, 5.41) is 13.1. The monoisotopic (exact) mass is 285 g/mol. The van der Waals surface area contributed by atoms with E-state index in [9.17, 15) is 9.18 Å². The van der Waals surface area contributed by atoms with Gasteiger partial charge in [0, 0.05) is 13.1 Å². The van der Waals surface area contributed by atoms with Crippen LogP contribution >= 0.6 is 0 Å². The normalized spacial score (nSPS) is 15.8. The van der Waals surface area contributed by atoms with Crippen molar-refractivity contribution >= 4 is 6.09 Å². The summed E-state index contributed by atoms with van der Waals surface area (Å²) in [7, 11) is 0. The number of amides is 1. The number of rotatable bonds is 1. The average Bonchev–Trinajstić information content (AvgIpc) is 2.53. The van der Waals surface area contributed by atoms with Crippen molar-refractivity contribution in [2.24, 2.45) is 0 Å². The highest BCUT2D eigenvalue weighted by Crippen LogP contribution is 2.20. The zero-order valence-corrected chi connectivity index (χ0v) is 12.0. The molecule has 112 valence electrons. The van der Waals surface area contributed by atoms with E-state index in [4.69, 9.17) is 9.84 Å². The summed E-state index contributed by atoms with van der Waals surface area (Å²) in [6, 6.07) is 0. The fourth-order valence-corrected chi connectivity index (χ4v) is 2.12. The summed E-state index contributed by atoms with van der Waals surface area (Å²) in [4.78, 5) is 13.5. The number of nitrogens with zero attached hydrogens (tertiary/aromatic N) is 3. The molecule has 0 bridgehead atoms. The first kappa shape index (κ1) is 14.8. The first-order valence-electron chi connectivity index (χ1n) is 6.64. The molecular formula is C13H20FN3O3. The van der Waals surface area contributed by atoms with Gasteiger partial charge in [-0.2, -0.15) is 5.10 Å². The molecule has 0 unspecified atom stereocenters. The number of hydrogen-bond acceptors (Lipinski definition) is 4. The van der Waals surface area contributed by atoms with Crippen molar-refractivity contribution in [3.8, 4) is 0 Å². The maximum absolute atomic E-state index is 14.0. The summed E-state index contributed by atoms with van der Waals surface area (Å²) < 4.78 is 20.9. The predicted molar refractivity (Wildman–Crippen MR) is 69.4 cm³/mol. The minimum atomic E-state index is -0.585. The van der Waals surface area contributed by atoms with Crippen LogP contribution in [0.3, 0.4) is 0 Å². The molecule has 0 spiro atoms. The summed E-state index contributed by atoms with van der Waals surface area (Å²) in [6.07, 6.45) is 0.204. The van der Waals surface area contributed by atoms with Gasteiger partial charge in [0.25, 0.3) is 0 Å². The molecule has 2 rings (SSSR count). The minimum Gasteiger partial charge on any atom is -0.444 e. The van der Waals surface area contributed by atoms with Gasteiger partial charge in [0.2, 0.25) is 0 Å². The molecule has 7 heteroatoms. The van der Waals surface area contributed by atoms with Crippen LogP contribution in [-0.2, 0) is 24.4 Å². The number of aromatic nitrogens is 2. The summed E-state index contributed by atoms with van der Waals surface area (Å²) in [5.41, 5.74) is -0.248. The van der Waals surface area contributed by atoms with Gasteiger partial charge in [-0.15, -0.1) is 0 Å². The molecule has 1 amide bonds. The fourth-order valence-electron chi connectivity index (χ4n) is 2.12. The minimum absolute atomic E-state index is 0.0195. The van der Waals surface area contributed by atoms with Gasteiger partial charge in [0.05, 0.1) is 18.8 Å². The maximum Gasteiger partial charge on any atom is 0.410 e. The number of carbonyl (C=O) groups is 1. The quantitative estimate of drug-likeness (QED) is 0.852. The van der Waals surface area contributed by atoms with Crippen LogP contribution in [0.1, 0.15) is 38.6 Å². The highest BCUT2D eigenvalue weighted by molar-refractivity contribution is 5.68. The van der Waals surface area contributed by atoms with E-state index < -0.39 is 24.1 Å². The van der Waals surface area contributed by atoms with Gasteiger partial charge in [-0.3, -0.25) is 4.68 Å². The largest absolute Gasteiger partial charge is 0.444 e. The van der Waals surface area contributed by atoms with Crippen molar-refractivity contribution in [1.29, 1.82) is 0 Å². The van der Waals surface area contributed by atoms with Gasteiger partial charge in [0.15, 0.2) is 5.82 Å². The second-order valence-corrected chi connectivity index (χ2v) is 5.84. The molecule has 0 saturated heterocycles. The van der Waals surface area contributed by atoms with Gasteiger partial charge >= 0.3 is 6.09 Å². The third kappa shape index (κ3) is 3.09. The van der Waals surface area contributed by atoms with Crippen LogP contribution in [0.15, 0.2) is 0 Å². The van der Waals surface area contributed by atoms with Crippen molar-refractivity contribution in [2.45, 2.75) is 52.5 Å². The van der Waals surface area contributed by atoms with Crippen molar-refractivity contribution < 1.29 is 19.0 Å². The molecule has 1 aromatic rings. The SMILES string of the molecule is CC(C)(C)OC(=O)N1CCCn2nc(CO)c(F)c2C1. The van der Waals surface area contributed by atoms with Gasteiger partial charge < -0.3 is 14.7 Å². The van der Waals surface area contributed by atoms with E-state index in [-0.39, 0.29) is 12.2 Å². The third-order valence-electron chi connectivity index (χ3n) is 3.00. The van der Waals surface area contributed by atoms with Gasteiger partial charge in [-0.25, -0.2) is 9.18 Å². The molecule has 0 aromatic carbocycles. The summed E-state index contributed by atoms with van der Waals surface area (Å²) in [6.45, 7) is 6.04. The topological polar surface area (TPSA) is 67.6 Å².